The summed E-state index contributed by atoms with van der Waals surface area (Å²) in [6.07, 6.45) is 5.78. The summed E-state index contributed by atoms with van der Waals surface area (Å²) in [5, 5.41) is 2.90. The van der Waals surface area contributed by atoms with E-state index in [0.29, 0.717) is 11.8 Å². The number of alkyl halides is 2. The molecule has 0 saturated heterocycles. The van der Waals surface area contributed by atoms with E-state index >= 15 is 0 Å². The van der Waals surface area contributed by atoms with E-state index in [1.807, 2.05) is 0 Å². The summed E-state index contributed by atoms with van der Waals surface area (Å²) in [6, 6.07) is 0.0927. The third-order valence-electron chi connectivity index (χ3n) is 5.22. The zero-order valence-corrected chi connectivity index (χ0v) is 12.1. The fourth-order valence-corrected chi connectivity index (χ4v) is 5.48. The predicted octanol–water partition coefficient (Wildman–Crippen LogP) is 1.92. The molecule has 4 aliphatic rings. The average Bonchev–Trinajstić information content (AvgIpc) is 2.23. The number of hydrogen-bond donors (Lipinski definition) is 2. The molecule has 0 atom stereocenters. The average molecular weight is 309 g/mol. The third-order valence-corrected chi connectivity index (χ3v) is 6.00. The highest BCUT2D eigenvalue weighted by Crippen LogP contribution is 2.53. The lowest BCUT2D eigenvalue weighted by atomic mass is 9.54. The first-order valence-electron chi connectivity index (χ1n) is 7.28. The summed E-state index contributed by atoms with van der Waals surface area (Å²) in [4.78, 5) is 0. The van der Waals surface area contributed by atoms with Crippen molar-refractivity contribution in [3.8, 4) is 0 Å². The van der Waals surface area contributed by atoms with Gasteiger partial charge in [0.15, 0.2) is 0 Å². The Kier molecular flexibility index (Phi) is 3.58. The minimum atomic E-state index is -4.65. The lowest BCUT2D eigenvalue weighted by Gasteiger charge is -2.54. The largest absolute Gasteiger partial charge is 0.308 e. The molecule has 0 unspecified atom stereocenters. The molecule has 20 heavy (non-hydrogen) atoms. The molecule has 4 saturated carbocycles. The van der Waals surface area contributed by atoms with Gasteiger partial charge in [0.05, 0.1) is 6.54 Å². The Morgan fingerprint density at radius 3 is 2.00 bits per heavy atom. The summed E-state index contributed by atoms with van der Waals surface area (Å²) in [5.41, 5.74) is 0. The molecule has 4 rings (SSSR count). The SMILES string of the molecule is O=S(=O)(O)CC(F)(F)CNC1C2CC3CC(C2)CC1C3. The van der Waals surface area contributed by atoms with Gasteiger partial charge in [-0.3, -0.25) is 4.55 Å². The van der Waals surface area contributed by atoms with Crippen molar-refractivity contribution in [1.82, 2.24) is 5.32 Å². The Bertz CT molecular complexity index is 452. The van der Waals surface area contributed by atoms with Gasteiger partial charge in [-0.05, 0) is 55.8 Å². The van der Waals surface area contributed by atoms with Crippen LogP contribution in [0.5, 0.6) is 0 Å². The lowest BCUT2D eigenvalue weighted by molar-refractivity contribution is -0.0327. The zero-order valence-electron chi connectivity index (χ0n) is 11.3. The van der Waals surface area contributed by atoms with E-state index < -0.39 is 28.3 Å². The van der Waals surface area contributed by atoms with Crippen LogP contribution in [-0.2, 0) is 10.1 Å². The first kappa shape index (κ1) is 14.7. The van der Waals surface area contributed by atoms with Gasteiger partial charge in [0, 0.05) is 6.04 Å². The quantitative estimate of drug-likeness (QED) is 0.762. The smallest absolute Gasteiger partial charge is 0.276 e. The molecule has 4 fully saturated rings. The van der Waals surface area contributed by atoms with Crippen molar-refractivity contribution >= 4 is 10.1 Å². The van der Waals surface area contributed by atoms with Crippen LogP contribution in [0.3, 0.4) is 0 Å². The van der Waals surface area contributed by atoms with Gasteiger partial charge in [0.1, 0.15) is 5.75 Å². The standard InChI is InChI=1S/C13H21F2NO3S/c14-13(15,7-20(17,18)19)6-16-12-10-2-8-1-9(4-10)5-11(12)3-8/h8-12,16H,1-7H2,(H,17,18,19). The second-order valence-corrected chi connectivity index (χ2v) is 8.37. The van der Waals surface area contributed by atoms with E-state index in [-0.39, 0.29) is 6.04 Å². The molecule has 0 amide bonds. The van der Waals surface area contributed by atoms with Gasteiger partial charge in [-0.15, -0.1) is 0 Å². The van der Waals surface area contributed by atoms with Gasteiger partial charge in [-0.25, -0.2) is 8.78 Å². The van der Waals surface area contributed by atoms with Crippen LogP contribution in [0.15, 0.2) is 0 Å². The van der Waals surface area contributed by atoms with Crippen LogP contribution in [0.25, 0.3) is 0 Å². The fourth-order valence-electron chi connectivity index (χ4n) is 4.84. The Hall–Kier alpha value is -0.270. The van der Waals surface area contributed by atoms with Crippen molar-refractivity contribution in [3.63, 3.8) is 0 Å². The van der Waals surface area contributed by atoms with E-state index in [4.69, 9.17) is 4.55 Å². The molecule has 2 N–H and O–H groups in total. The molecule has 0 radical (unpaired) electrons. The van der Waals surface area contributed by atoms with Gasteiger partial charge in [-0.2, -0.15) is 8.42 Å². The van der Waals surface area contributed by atoms with Crippen molar-refractivity contribution in [2.24, 2.45) is 23.7 Å². The van der Waals surface area contributed by atoms with E-state index in [1.54, 1.807) is 0 Å². The number of halogens is 2. The molecule has 4 bridgehead atoms. The number of hydrogen-bond acceptors (Lipinski definition) is 3. The van der Waals surface area contributed by atoms with Crippen LogP contribution in [-0.4, -0.2) is 37.2 Å². The Morgan fingerprint density at radius 1 is 1.05 bits per heavy atom. The molecule has 0 aromatic carbocycles. The topological polar surface area (TPSA) is 66.4 Å². The van der Waals surface area contributed by atoms with Crippen LogP contribution in [0.2, 0.25) is 0 Å². The zero-order chi connectivity index (χ0) is 14.5. The van der Waals surface area contributed by atoms with Crippen LogP contribution in [0, 0.1) is 23.7 Å². The molecular formula is C13H21F2NO3S. The van der Waals surface area contributed by atoms with E-state index in [2.05, 4.69) is 5.32 Å². The van der Waals surface area contributed by atoms with Crippen molar-refractivity contribution in [2.75, 3.05) is 12.3 Å². The van der Waals surface area contributed by atoms with Gasteiger partial charge in [-0.1, -0.05) is 0 Å². The highest BCUT2D eigenvalue weighted by atomic mass is 32.2. The Balaban J connectivity index is 1.59. The van der Waals surface area contributed by atoms with Crippen molar-refractivity contribution in [2.45, 2.75) is 44.1 Å². The molecule has 4 aliphatic carbocycles. The highest BCUT2D eigenvalue weighted by molar-refractivity contribution is 7.85. The molecule has 4 nitrogen and oxygen atoms in total. The molecule has 0 spiro atoms. The number of rotatable bonds is 5. The molecular weight excluding hydrogens is 288 g/mol. The minimum absolute atomic E-state index is 0.0927. The summed E-state index contributed by atoms with van der Waals surface area (Å²) in [7, 11) is -4.65. The first-order valence-corrected chi connectivity index (χ1v) is 8.89. The normalized spacial score (nSPS) is 40.2. The van der Waals surface area contributed by atoms with Crippen LogP contribution in [0.4, 0.5) is 8.78 Å². The van der Waals surface area contributed by atoms with Crippen molar-refractivity contribution in [3.05, 3.63) is 0 Å². The van der Waals surface area contributed by atoms with E-state index in [1.165, 1.54) is 6.42 Å². The van der Waals surface area contributed by atoms with Gasteiger partial charge >= 0.3 is 0 Å². The van der Waals surface area contributed by atoms with Crippen LogP contribution in [0.1, 0.15) is 32.1 Å². The van der Waals surface area contributed by atoms with Gasteiger partial charge < -0.3 is 5.32 Å². The molecule has 0 heterocycles. The third kappa shape index (κ3) is 3.14. The summed E-state index contributed by atoms with van der Waals surface area (Å²) >= 11 is 0. The summed E-state index contributed by atoms with van der Waals surface area (Å²) in [6.45, 7) is -0.667. The van der Waals surface area contributed by atoms with Crippen LogP contribution >= 0.6 is 0 Å². The maximum absolute atomic E-state index is 13.5. The van der Waals surface area contributed by atoms with Crippen molar-refractivity contribution < 1.29 is 21.8 Å². The summed E-state index contributed by atoms with van der Waals surface area (Å²) < 4.78 is 56.8. The molecule has 116 valence electrons. The second-order valence-electron chi connectivity index (χ2n) is 6.92. The summed E-state index contributed by atoms with van der Waals surface area (Å²) in [5.74, 6) is -2.44. The molecule has 7 heteroatoms. The maximum atomic E-state index is 13.5. The van der Waals surface area contributed by atoms with Crippen LogP contribution < -0.4 is 5.32 Å². The van der Waals surface area contributed by atoms with Crippen molar-refractivity contribution in [1.29, 1.82) is 0 Å². The molecule has 0 aromatic rings. The van der Waals surface area contributed by atoms with Gasteiger partial charge in [0.25, 0.3) is 16.0 Å². The Morgan fingerprint density at radius 2 is 1.55 bits per heavy atom. The first-order chi connectivity index (χ1) is 9.22. The van der Waals surface area contributed by atoms with E-state index in [0.717, 1.165) is 37.5 Å². The molecule has 0 aliphatic heterocycles. The maximum Gasteiger partial charge on any atom is 0.276 e. The minimum Gasteiger partial charge on any atom is -0.308 e. The molecule has 0 aromatic heterocycles. The van der Waals surface area contributed by atoms with E-state index in [9.17, 15) is 17.2 Å². The fraction of sp³-hybridized carbons (Fsp3) is 1.00. The highest BCUT2D eigenvalue weighted by Gasteiger charge is 2.48. The predicted molar refractivity (Wildman–Crippen MR) is 70.2 cm³/mol. The Labute approximate surface area is 118 Å². The number of nitrogens with one attached hydrogen (secondary N) is 1. The van der Waals surface area contributed by atoms with Gasteiger partial charge in [0.2, 0.25) is 0 Å². The lowest BCUT2D eigenvalue weighted by Crippen LogP contribution is -2.56. The second kappa shape index (κ2) is 4.88. The monoisotopic (exact) mass is 309 g/mol.